The number of carbonyl (C=O) groups is 3. The molecule has 1 saturated carbocycles. The lowest BCUT2D eigenvalue weighted by molar-refractivity contribution is -0.215. The van der Waals surface area contributed by atoms with Gasteiger partial charge in [0.05, 0.1) is 17.2 Å². The summed E-state index contributed by atoms with van der Waals surface area (Å²) in [6.07, 6.45) is 3.46. The van der Waals surface area contributed by atoms with E-state index in [1.54, 1.807) is 39.8 Å². The quantitative estimate of drug-likeness (QED) is 0.267. The van der Waals surface area contributed by atoms with Gasteiger partial charge in [0.2, 0.25) is 5.78 Å². The molecule has 1 unspecified atom stereocenters. The van der Waals surface area contributed by atoms with Gasteiger partial charge in [-0.1, -0.05) is 94.8 Å². The Labute approximate surface area is 268 Å². The molecule has 0 radical (unpaired) electrons. The fraction of sp³-hybridized carbons (Fsp3) is 0.395. The monoisotopic (exact) mass is 624 g/mol. The number of aliphatic hydroxyl groups excluding tert-OH is 3. The fourth-order valence-corrected chi connectivity index (χ4v) is 8.91. The van der Waals surface area contributed by atoms with Gasteiger partial charge in [-0.15, -0.1) is 0 Å². The molecule has 1 fully saturated rings. The van der Waals surface area contributed by atoms with Crippen LogP contribution in [0.15, 0.2) is 77.1 Å². The van der Waals surface area contributed by atoms with E-state index >= 15 is 0 Å². The topological polar surface area (TPSA) is 152 Å². The molecule has 8 heteroatoms. The van der Waals surface area contributed by atoms with Crippen molar-refractivity contribution in [2.75, 3.05) is 0 Å². The highest BCUT2D eigenvalue weighted by atomic mass is 16.4. The van der Waals surface area contributed by atoms with Gasteiger partial charge in [-0.25, -0.2) is 0 Å². The number of carbonyl (C=O) groups excluding carboxylic acids is 3. The maximum atomic E-state index is 14.6. The smallest absolute Gasteiger partial charge is 0.203 e. The molecular formula is C38H40O8. The maximum Gasteiger partial charge on any atom is 0.203 e. The molecule has 46 heavy (non-hydrogen) atoms. The van der Waals surface area contributed by atoms with Crippen molar-refractivity contribution in [3.05, 3.63) is 99.3 Å². The minimum atomic E-state index is -2.91. The summed E-state index contributed by atoms with van der Waals surface area (Å²) in [4.78, 5) is 41.0. The second-order valence-electron chi connectivity index (χ2n) is 14.1. The Bertz CT molecular complexity index is 1840. The maximum absolute atomic E-state index is 14.6. The second-order valence-corrected chi connectivity index (χ2v) is 14.1. The lowest BCUT2D eigenvalue weighted by Gasteiger charge is -2.63. The van der Waals surface area contributed by atoms with Crippen LogP contribution in [0.3, 0.4) is 0 Å². The third-order valence-electron chi connectivity index (χ3n) is 11.4. The van der Waals surface area contributed by atoms with Crippen molar-refractivity contribution in [1.29, 1.82) is 0 Å². The van der Waals surface area contributed by atoms with E-state index in [0.29, 0.717) is 24.0 Å². The zero-order valence-corrected chi connectivity index (χ0v) is 26.9. The second kappa shape index (κ2) is 10.4. The van der Waals surface area contributed by atoms with Crippen molar-refractivity contribution in [3.8, 4) is 5.75 Å². The predicted molar refractivity (Wildman–Crippen MR) is 173 cm³/mol. The van der Waals surface area contributed by atoms with Crippen LogP contribution >= 0.6 is 0 Å². The van der Waals surface area contributed by atoms with Crippen LogP contribution in [0.2, 0.25) is 0 Å². The average molecular weight is 625 g/mol. The van der Waals surface area contributed by atoms with E-state index in [2.05, 4.69) is 0 Å². The number of hydrogen-bond acceptors (Lipinski definition) is 8. The zero-order valence-electron chi connectivity index (χ0n) is 26.9. The summed E-state index contributed by atoms with van der Waals surface area (Å²) in [6, 6.07) is 13.5. The van der Waals surface area contributed by atoms with Crippen molar-refractivity contribution >= 4 is 28.7 Å². The van der Waals surface area contributed by atoms with Crippen LogP contribution in [-0.4, -0.2) is 54.6 Å². The molecule has 0 spiro atoms. The van der Waals surface area contributed by atoms with Gasteiger partial charge >= 0.3 is 0 Å². The summed E-state index contributed by atoms with van der Waals surface area (Å²) in [5, 5.41) is 59.5. The number of phenolic OH excluding ortho intramolecular Hbond substituents is 1. The number of hydrogen-bond donors (Lipinski definition) is 5. The SMILES string of the molecule is CC(=O)C1=C(O)[C@]2(O)C(=O)C3=C(O)c4c(ccc(CC5=CC=C(c6ccccc6)C5)c4O)[C@@H](C)[C@]3(C)[C@@H](O)[C@]2(C)C(C(C)C)C1=O. The van der Waals surface area contributed by atoms with E-state index in [9.17, 15) is 39.9 Å². The van der Waals surface area contributed by atoms with Crippen LogP contribution < -0.4 is 0 Å². The number of aromatic hydroxyl groups is 1. The van der Waals surface area contributed by atoms with Gasteiger partial charge in [-0.2, -0.15) is 0 Å². The highest BCUT2D eigenvalue weighted by Crippen LogP contribution is 2.67. The first kappa shape index (κ1) is 31.7. The van der Waals surface area contributed by atoms with Crippen molar-refractivity contribution in [2.45, 2.75) is 72.0 Å². The summed E-state index contributed by atoms with van der Waals surface area (Å²) in [5.41, 5.74) is -3.16. The van der Waals surface area contributed by atoms with Gasteiger partial charge in [0.25, 0.3) is 0 Å². The highest BCUT2D eigenvalue weighted by Gasteiger charge is 2.77. The van der Waals surface area contributed by atoms with Gasteiger partial charge in [-0.05, 0) is 53.9 Å². The molecule has 0 aliphatic heterocycles. The molecule has 8 nitrogen and oxygen atoms in total. The summed E-state index contributed by atoms with van der Waals surface area (Å²) in [6.45, 7) is 9.18. The van der Waals surface area contributed by atoms with Crippen LogP contribution in [0, 0.1) is 22.7 Å². The Morgan fingerprint density at radius 1 is 1.00 bits per heavy atom. The van der Waals surface area contributed by atoms with E-state index in [1.807, 2.05) is 42.5 Å². The third-order valence-corrected chi connectivity index (χ3v) is 11.4. The van der Waals surface area contributed by atoms with Crippen LogP contribution in [0.4, 0.5) is 0 Å². The number of fused-ring (bicyclic) bond motifs is 3. The molecule has 0 aromatic heterocycles. The van der Waals surface area contributed by atoms with Gasteiger partial charge in [0, 0.05) is 16.7 Å². The lowest BCUT2D eigenvalue weighted by Crippen LogP contribution is -2.75. The standard InChI is InChI=1S/C38H40O8/c1-18(2)28-31(41)26(20(4)39)33(43)38(46)34(44)29-32(42)27-25(19(3)36(29,5)35(45)37(28,38)6)15-14-24(30(27)40)17-21-12-13-23(16-21)22-10-8-7-9-11-22/h7-15,18-19,28,35,40,42-43,45-46H,16-17H2,1-6H3/t19-,28?,35-,36+,37+,38+/m1/s1. The van der Waals surface area contributed by atoms with Gasteiger partial charge in [0.1, 0.15) is 22.8 Å². The Morgan fingerprint density at radius 2 is 1.65 bits per heavy atom. The first-order chi connectivity index (χ1) is 21.5. The number of phenols is 1. The van der Waals surface area contributed by atoms with E-state index < -0.39 is 74.7 Å². The molecule has 5 N–H and O–H groups in total. The van der Waals surface area contributed by atoms with Crippen LogP contribution in [-0.2, 0) is 20.8 Å². The number of allylic oxidation sites excluding steroid dienone is 5. The Hall–Kier alpha value is -4.27. The molecule has 4 aliphatic carbocycles. The van der Waals surface area contributed by atoms with Crippen LogP contribution in [0.25, 0.3) is 11.3 Å². The minimum Gasteiger partial charge on any atom is -0.508 e. The normalized spacial score (nSPS) is 32.2. The van der Waals surface area contributed by atoms with E-state index in [0.717, 1.165) is 23.6 Å². The van der Waals surface area contributed by atoms with Gasteiger partial charge < -0.3 is 25.5 Å². The zero-order chi connectivity index (χ0) is 33.7. The largest absolute Gasteiger partial charge is 0.508 e. The number of aliphatic hydroxyl groups is 4. The summed E-state index contributed by atoms with van der Waals surface area (Å²) in [7, 11) is 0. The molecule has 240 valence electrons. The van der Waals surface area contributed by atoms with E-state index in [-0.39, 0.29) is 16.9 Å². The molecule has 2 aromatic rings. The van der Waals surface area contributed by atoms with Crippen molar-refractivity contribution in [3.63, 3.8) is 0 Å². The number of benzene rings is 2. The number of Topliss-reactive ketones (excluding diaryl/α,β-unsaturated/α-hetero) is 3. The Kier molecular flexibility index (Phi) is 7.15. The fourth-order valence-electron chi connectivity index (χ4n) is 8.91. The molecule has 6 atom stereocenters. The minimum absolute atomic E-state index is 0.0163. The Balaban J connectivity index is 1.49. The molecular weight excluding hydrogens is 584 g/mol. The lowest BCUT2D eigenvalue weighted by atomic mass is 9.40. The van der Waals surface area contributed by atoms with Crippen LogP contribution in [0.5, 0.6) is 5.75 Å². The van der Waals surface area contributed by atoms with E-state index in [4.69, 9.17) is 0 Å². The molecule has 0 bridgehead atoms. The van der Waals surface area contributed by atoms with Crippen molar-refractivity contribution in [1.82, 2.24) is 0 Å². The third kappa shape index (κ3) is 3.83. The first-order valence-electron chi connectivity index (χ1n) is 15.7. The summed E-state index contributed by atoms with van der Waals surface area (Å²) in [5.74, 6) is -7.11. The Morgan fingerprint density at radius 3 is 2.26 bits per heavy atom. The molecule has 2 aromatic carbocycles. The summed E-state index contributed by atoms with van der Waals surface area (Å²) < 4.78 is 0. The van der Waals surface area contributed by atoms with Crippen LogP contribution in [0.1, 0.15) is 76.1 Å². The summed E-state index contributed by atoms with van der Waals surface area (Å²) >= 11 is 0. The van der Waals surface area contributed by atoms with Crippen molar-refractivity contribution in [2.24, 2.45) is 22.7 Å². The number of ketones is 3. The molecule has 0 amide bonds. The predicted octanol–water partition coefficient (Wildman–Crippen LogP) is 5.68. The molecule has 0 heterocycles. The van der Waals surface area contributed by atoms with E-state index in [1.165, 1.54) is 6.92 Å². The van der Waals surface area contributed by atoms with Gasteiger partial charge in [0.15, 0.2) is 17.2 Å². The highest BCUT2D eigenvalue weighted by molar-refractivity contribution is 6.24. The average Bonchev–Trinajstić information content (AvgIpc) is 3.47. The van der Waals surface area contributed by atoms with Crippen molar-refractivity contribution < 1.29 is 39.9 Å². The van der Waals surface area contributed by atoms with Gasteiger partial charge in [-0.3, -0.25) is 14.4 Å². The molecule has 0 saturated heterocycles. The molecule has 6 rings (SSSR count). The molecule has 4 aliphatic rings. The number of rotatable bonds is 5. The first-order valence-corrected chi connectivity index (χ1v) is 15.7.